The number of rotatable bonds is 6. The Morgan fingerprint density at radius 2 is 1.64 bits per heavy atom. The van der Waals surface area contributed by atoms with Crippen LogP contribution in [-0.4, -0.2) is 29.3 Å². The first kappa shape index (κ1) is 22.3. The number of para-hydroxylation sites is 1. The van der Waals surface area contributed by atoms with E-state index in [1.807, 2.05) is 31.2 Å². The number of carbonyl (C=O) groups is 3. The zero-order valence-corrected chi connectivity index (χ0v) is 18.5. The fourth-order valence-electron chi connectivity index (χ4n) is 3.15. The number of imide groups is 1. The Morgan fingerprint density at radius 3 is 2.30 bits per heavy atom. The van der Waals surface area contributed by atoms with E-state index in [9.17, 15) is 18.8 Å². The first-order valence-corrected chi connectivity index (χ1v) is 10.9. The summed E-state index contributed by atoms with van der Waals surface area (Å²) in [7, 11) is 0. The summed E-state index contributed by atoms with van der Waals surface area (Å²) in [4.78, 5) is 40.0. The number of amides is 4. The van der Waals surface area contributed by atoms with Crippen LogP contribution in [0.3, 0.4) is 0 Å². The second-order valence-corrected chi connectivity index (χ2v) is 8.54. The van der Waals surface area contributed by atoms with E-state index >= 15 is 0 Å². The first-order chi connectivity index (χ1) is 15.9. The molecule has 3 aromatic carbocycles. The summed E-state index contributed by atoms with van der Waals surface area (Å²) < 4.78 is 13.7. The van der Waals surface area contributed by atoms with Gasteiger partial charge >= 0.3 is 6.03 Å². The van der Waals surface area contributed by atoms with Gasteiger partial charge in [0.2, 0.25) is 5.91 Å². The van der Waals surface area contributed by atoms with E-state index in [-0.39, 0.29) is 11.4 Å². The molecule has 0 bridgehead atoms. The van der Waals surface area contributed by atoms with Crippen molar-refractivity contribution in [2.45, 2.75) is 16.7 Å². The topological polar surface area (TPSA) is 78.5 Å². The summed E-state index contributed by atoms with van der Waals surface area (Å²) in [5.41, 5.74) is 1.97. The van der Waals surface area contributed by atoms with E-state index in [4.69, 9.17) is 0 Å². The molecule has 4 amide bonds. The Hall–Kier alpha value is -3.91. The van der Waals surface area contributed by atoms with Crippen LogP contribution in [-0.2, 0) is 9.59 Å². The molecule has 0 unspecified atom stereocenters. The number of nitrogens with zero attached hydrogens (tertiary/aromatic N) is 1. The maximum absolute atomic E-state index is 13.7. The van der Waals surface area contributed by atoms with Gasteiger partial charge in [-0.1, -0.05) is 53.7 Å². The van der Waals surface area contributed by atoms with Crippen LogP contribution in [0.15, 0.2) is 88.3 Å². The van der Waals surface area contributed by atoms with Crippen molar-refractivity contribution in [3.05, 3.63) is 95.4 Å². The van der Waals surface area contributed by atoms with E-state index in [2.05, 4.69) is 34.9 Å². The minimum Gasteiger partial charge on any atom is -0.322 e. The molecule has 6 nitrogen and oxygen atoms in total. The second-order valence-electron chi connectivity index (χ2n) is 7.39. The number of carbonyl (C=O) groups excluding carboxylic acids is 3. The monoisotopic (exact) mass is 461 g/mol. The quantitative estimate of drug-likeness (QED) is 0.408. The molecule has 0 saturated carbocycles. The molecule has 1 fully saturated rings. The summed E-state index contributed by atoms with van der Waals surface area (Å²) in [5.74, 6) is -1.91. The average Bonchev–Trinajstić information content (AvgIpc) is 3.05. The van der Waals surface area contributed by atoms with Crippen LogP contribution in [0.5, 0.6) is 0 Å². The number of anilines is 1. The molecule has 3 aromatic rings. The molecular weight excluding hydrogens is 441 g/mol. The van der Waals surface area contributed by atoms with Gasteiger partial charge in [0.1, 0.15) is 18.1 Å². The van der Waals surface area contributed by atoms with Gasteiger partial charge in [-0.2, -0.15) is 0 Å². The molecule has 4 rings (SSSR count). The van der Waals surface area contributed by atoms with E-state index < -0.39 is 30.2 Å². The van der Waals surface area contributed by atoms with Crippen LogP contribution in [0.4, 0.5) is 14.9 Å². The third-order valence-corrected chi connectivity index (χ3v) is 5.88. The van der Waals surface area contributed by atoms with Crippen molar-refractivity contribution in [1.29, 1.82) is 0 Å². The van der Waals surface area contributed by atoms with Crippen LogP contribution in [0.1, 0.15) is 11.1 Å². The highest BCUT2D eigenvalue weighted by molar-refractivity contribution is 7.99. The Morgan fingerprint density at radius 1 is 1.00 bits per heavy atom. The molecule has 0 radical (unpaired) electrons. The van der Waals surface area contributed by atoms with Gasteiger partial charge in [0.05, 0.1) is 5.69 Å². The van der Waals surface area contributed by atoms with E-state index in [1.54, 1.807) is 23.9 Å². The number of halogens is 1. The van der Waals surface area contributed by atoms with E-state index in [0.717, 1.165) is 20.3 Å². The third-order valence-electron chi connectivity index (χ3n) is 4.86. The van der Waals surface area contributed by atoms with Crippen molar-refractivity contribution in [2.24, 2.45) is 0 Å². The fraction of sp³-hybridized carbons (Fsp3) is 0.0800. The van der Waals surface area contributed by atoms with Gasteiger partial charge in [-0.3, -0.25) is 9.59 Å². The molecule has 1 saturated heterocycles. The molecule has 0 aliphatic carbocycles. The summed E-state index contributed by atoms with van der Waals surface area (Å²) >= 11 is 1.62. The lowest BCUT2D eigenvalue weighted by Gasteiger charge is -2.12. The number of hydrogen-bond donors (Lipinski definition) is 2. The molecule has 1 heterocycles. The minimum atomic E-state index is -0.707. The Balaban J connectivity index is 1.40. The van der Waals surface area contributed by atoms with Crippen molar-refractivity contribution in [3.8, 4) is 0 Å². The minimum absolute atomic E-state index is 0.0195. The number of urea groups is 1. The largest absolute Gasteiger partial charge is 0.329 e. The maximum atomic E-state index is 13.7. The van der Waals surface area contributed by atoms with Crippen LogP contribution in [0, 0.1) is 12.7 Å². The van der Waals surface area contributed by atoms with Gasteiger partial charge in [0.15, 0.2) is 0 Å². The number of hydrogen-bond acceptors (Lipinski definition) is 4. The molecule has 2 N–H and O–H groups in total. The number of aryl methyl sites for hydroxylation is 1. The smallest absolute Gasteiger partial charge is 0.322 e. The summed E-state index contributed by atoms with van der Waals surface area (Å²) in [6.45, 7) is 1.51. The first-order valence-electron chi connectivity index (χ1n) is 10.1. The van der Waals surface area contributed by atoms with Crippen molar-refractivity contribution < 1.29 is 18.8 Å². The molecule has 0 atom stereocenters. The molecule has 1 aliphatic rings. The zero-order valence-electron chi connectivity index (χ0n) is 17.7. The summed E-state index contributed by atoms with van der Waals surface area (Å²) in [6, 6.07) is 20.7. The van der Waals surface area contributed by atoms with E-state index in [0.29, 0.717) is 0 Å². The number of nitrogens with one attached hydrogen (secondary N) is 2. The van der Waals surface area contributed by atoms with Crippen LogP contribution < -0.4 is 10.6 Å². The van der Waals surface area contributed by atoms with Gasteiger partial charge in [0.25, 0.3) is 5.91 Å². The molecule has 0 aromatic heterocycles. The van der Waals surface area contributed by atoms with Gasteiger partial charge < -0.3 is 10.6 Å². The van der Waals surface area contributed by atoms with Crippen molar-refractivity contribution in [1.82, 2.24) is 10.2 Å². The lowest BCUT2D eigenvalue weighted by atomic mass is 10.2. The lowest BCUT2D eigenvalue weighted by molar-refractivity contribution is -0.127. The predicted molar refractivity (Wildman–Crippen MR) is 125 cm³/mol. The fourth-order valence-corrected chi connectivity index (χ4v) is 3.97. The second kappa shape index (κ2) is 9.70. The average molecular weight is 462 g/mol. The molecule has 166 valence electrons. The summed E-state index contributed by atoms with van der Waals surface area (Å²) in [5, 5.41) is 4.84. The molecular formula is C25H20FN3O3S. The highest BCUT2D eigenvalue weighted by atomic mass is 32.2. The highest BCUT2D eigenvalue weighted by Crippen LogP contribution is 2.28. The Labute approximate surface area is 194 Å². The third kappa shape index (κ3) is 5.48. The van der Waals surface area contributed by atoms with Gasteiger partial charge in [-0.15, -0.1) is 0 Å². The normalized spacial score (nSPS) is 14.5. The molecule has 33 heavy (non-hydrogen) atoms. The number of benzene rings is 3. The van der Waals surface area contributed by atoms with Gasteiger partial charge in [-0.25, -0.2) is 14.1 Å². The standard InChI is InChI=1S/C25H20FN3O3S/c1-16-6-10-18(11-7-16)33-19-12-8-17(9-13-19)14-22-24(31)29(25(32)28-22)15-23(30)27-21-5-3-2-4-20(21)26/h2-14H,15H2,1H3,(H,27,30)(H,28,32)/b22-14-. The van der Waals surface area contributed by atoms with Crippen molar-refractivity contribution >= 4 is 41.4 Å². The SMILES string of the molecule is Cc1ccc(Sc2ccc(/C=C3\NC(=O)N(CC(=O)Nc4ccccc4F)C3=O)cc2)cc1. The van der Waals surface area contributed by atoms with Crippen LogP contribution in [0.2, 0.25) is 0 Å². The molecule has 1 aliphatic heterocycles. The predicted octanol–water partition coefficient (Wildman–Crippen LogP) is 4.82. The Bertz CT molecular complexity index is 1240. The molecule has 8 heteroatoms. The van der Waals surface area contributed by atoms with Crippen LogP contribution >= 0.6 is 11.8 Å². The van der Waals surface area contributed by atoms with Gasteiger partial charge in [-0.05, 0) is 55.0 Å². The highest BCUT2D eigenvalue weighted by Gasteiger charge is 2.35. The van der Waals surface area contributed by atoms with Gasteiger partial charge in [0, 0.05) is 9.79 Å². The molecule has 0 spiro atoms. The zero-order chi connectivity index (χ0) is 23.4. The lowest BCUT2D eigenvalue weighted by Crippen LogP contribution is -2.38. The Kier molecular flexibility index (Phi) is 6.55. The maximum Gasteiger partial charge on any atom is 0.329 e. The summed E-state index contributed by atoms with van der Waals surface area (Å²) in [6.07, 6.45) is 1.55. The van der Waals surface area contributed by atoms with Crippen LogP contribution in [0.25, 0.3) is 6.08 Å². The van der Waals surface area contributed by atoms with Crippen molar-refractivity contribution in [2.75, 3.05) is 11.9 Å². The van der Waals surface area contributed by atoms with Crippen molar-refractivity contribution in [3.63, 3.8) is 0 Å². The van der Waals surface area contributed by atoms with E-state index in [1.165, 1.54) is 23.8 Å².